The number of carbonyl (C=O) groups excluding carboxylic acids is 1. The fourth-order valence-electron chi connectivity index (χ4n) is 3.37. The van der Waals surface area contributed by atoms with Gasteiger partial charge in [0.15, 0.2) is 0 Å². The van der Waals surface area contributed by atoms with Crippen molar-refractivity contribution in [2.24, 2.45) is 0 Å². The summed E-state index contributed by atoms with van der Waals surface area (Å²) in [7, 11) is 0. The fraction of sp³-hybridized carbons (Fsp3) is 0.294. The Morgan fingerprint density at radius 3 is 3.00 bits per heavy atom. The van der Waals surface area contributed by atoms with Crippen molar-refractivity contribution >= 4 is 16.9 Å². The van der Waals surface area contributed by atoms with Crippen LogP contribution < -0.4 is 5.56 Å². The van der Waals surface area contributed by atoms with Crippen molar-refractivity contribution in [3.63, 3.8) is 0 Å². The first-order valence-electron chi connectivity index (χ1n) is 8.02. The number of piperidine rings is 1. The molecule has 2 N–H and O–H groups in total. The largest absolute Gasteiger partial charge is 0.330 e. The summed E-state index contributed by atoms with van der Waals surface area (Å²) >= 11 is 0. The zero-order valence-electron chi connectivity index (χ0n) is 13.0. The molecule has 1 aliphatic rings. The highest BCUT2D eigenvalue weighted by Gasteiger charge is 2.30. The molecule has 0 bridgehead atoms. The number of nitrogens with zero attached hydrogens (tertiary/aromatic N) is 3. The highest BCUT2D eigenvalue weighted by Crippen LogP contribution is 2.31. The van der Waals surface area contributed by atoms with Crippen LogP contribution in [0.1, 0.15) is 41.4 Å². The molecule has 0 spiro atoms. The number of hydrogen-bond donors (Lipinski definition) is 2. The zero-order valence-corrected chi connectivity index (χ0v) is 13.0. The smallest absolute Gasteiger partial charge is 0.255 e. The van der Waals surface area contributed by atoms with Crippen LogP contribution in [0.5, 0.6) is 0 Å². The van der Waals surface area contributed by atoms with Gasteiger partial charge in [-0.25, -0.2) is 4.98 Å². The van der Waals surface area contributed by atoms with E-state index >= 15 is 0 Å². The summed E-state index contributed by atoms with van der Waals surface area (Å²) in [5, 5.41) is 7.63. The summed E-state index contributed by atoms with van der Waals surface area (Å²) in [5.41, 5.74) is 1.44. The summed E-state index contributed by atoms with van der Waals surface area (Å²) in [6.45, 7) is 0.664. The SMILES string of the molecule is O=C(c1cc(=O)[nH]c2ncccc12)N1CCCCC1c1ccn[nH]1. The topological polar surface area (TPSA) is 94.7 Å². The van der Waals surface area contributed by atoms with Crippen LogP contribution >= 0.6 is 0 Å². The van der Waals surface area contributed by atoms with Crippen LogP contribution in [-0.4, -0.2) is 37.5 Å². The van der Waals surface area contributed by atoms with Crippen molar-refractivity contribution < 1.29 is 4.79 Å². The Kier molecular flexibility index (Phi) is 3.60. The molecule has 0 saturated carbocycles. The van der Waals surface area contributed by atoms with Gasteiger partial charge in [-0.3, -0.25) is 14.7 Å². The number of fused-ring (bicyclic) bond motifs is 1. The number of H-pyrrole nitrogens is 2. The summed E-state index contributed by atoms with van der Waals surface area (Å²) in [4.78, 5) is 33.8. The number of rotatable bonds is 2. The molecule has 4 heterocycles. The van der Waals surface area contributed by atoms with Crippen molar-refractivity contribution in [1.82, 2.24) is 25.1 Å². The fourth-order valence-corrected chi connectivity index (χ4v) is 3.37. The van der Waals surface area contributed by atoms with Gasteiger partial charge >= 0.3 is 0 Å². The molecule has 3 aromatic heterocycles. The standard InChI is InChI=1S/C17H17N5O2/c23-15-10-12(11-4-3-7-18-16(11)20-15)17(24)22-9-2-1-5-14(22)13-6-8-19-21-13/h3-4,6-8,10,14H,1-2,5,9H2,(H,19,21)(H,18,20,23). The van der Waals surface area contributed by atoms with E-state index in [1.165, 1.54) is 6.07 Å². The lowest BCUT2D eigenvalue weighted by Crippen LogP contribution is -2.39. The van der Waals surface area contributed by atoms with Gasteiger partial charge in [-0.1, -0.05) is 0 Å². The van der Waals surface area contributed by atoms with Crippen molar-refractivity contribution in [2.45, 2.75) is 25.3 Å². The first kappa shape index (κ1) is 14.6. The predicted octanol–water partition coefficient (Wildman–Crippen LogP) is 2.01. The molecule has 7 nitrogen and oxygen atoms in total. The van der Waals surface area contributed by atoms with Gasteiger partial charge in [0.2, 0.25) is 5.56 Å². The maximum absolute atomic E-state index is 13.2. The minimum absolute atomic E-state index is 0.0419. The molecule has 122 valence electrons. The predicted molar refractivity (Wildman–Crippen MR) is 88.6 cm³/mol. The third kappa shape index (κ3) is 2.47. The number of amides is 1. The molecule has 3 aromatic rings. The third-order valence-corrected chi connectivity index (χ3v) is 4.49. The number of likely N-dealkylation sites (tertiary alicyclic amines) is 1. The molecular formula is C17H17N5O2. The van der Waals surface area contributed by atoms with Crippen molar-refractivity contribution in [2.75, 3.05) is 6.54 Å². The van der Waals surface area contributed by atoms with E-state index in [4.69, 9.17) is 0 Å². The van der Waals surface area contributed by atoms with Crippen LogP contribution in [0, 0.1) is 0 Å². The summed E-state index contributed by atoms with van der Waals surface area (Å²) in [5.74, 6) is -0.140. The Hall–Kier alpha value is -2.96. The molecule has 0 aromatic carbocycles. The molecule has 0 radical (unpaired) electrons. The van der Waals surface area contributed by atoms with Crippen LogP contribution in [0.4, 0.5) is 0 Å². The maximum atomic E-state index is 13.2. The van der Waals surface area contributed by atoms with Gasteiger partial charge in [-0.15, -0.1) is 0 Å². The van der Waals surface area contributed by atoms with Gasteiger partial charge in [-0.05, 0) is 37.5 Å². The molecular weight excluding hydrogens is 306 g/mol. The number of hydrogen-bond acceptors (Lipinski definition) is 4. The van der Waals surface area contributed by atoms with Crippen LogP contribution in [0.2, 0.25) is 0 Å². The normalized spacial score (nSPS) is 18.0. The van der Waals surface area contributed by atoms with Crippen molar-refractivity contribution in [3.05, 3.63) is 58.3 Å². The van der Waals surface area contributed by atoms with Crippen LogP contribution in [-0.2, 0) is 0 Å². The Labute approximate surface area is 137 Å². The second kappa shape index (κ2) is 5.92. The van der Waals surface area contributed by atoms with E-state index < -0.39 is 0 Å². The van der Waals surface area contributed by atoms with E-state index in [0.29, 0.717) is 23.1 Å². The van der Waals surface area contributed by atoms with E-state index in [-0.39, 0.29) is 17.5 Å². The minimum atomic E-state index is -0.320. The van der Waals surface area contributed by atoms with Crippen LogP contribution in [0.3, 0.4) is 0 Å². The van der Waals surface area contributed by atoms with Crippen LogP contribution in [0.25, 0.3) is 11.0 Å². The molecule has 24 heavy (non-hydrogen) atoms. The second-order valence-corrected chi connectivity index (χ2v) is 5.97. The lowest BCUT2D eigenvalue weighted by Gasteiger charge is -2.35. The quantitative estimate of drug-likeness (QED) is 0.754. The van der Waals surface area contributed by atoms with Gasteiger partial charge in [0, 0.05) is 30.4 Å². The summed E-state index contributed by atoms with van der Waals surface area (Å²) in [6, 6.07) is 6.79. The number of aromatic amines is 2. The average molecular weight is 323 g/mol. The highest BCUT2D eigenvalue weighted by molar-refractivity contribution is 6.05. The number of carbonyl (C=O) groups is 1. The van der Waals surface area contributed by atoms with Gasteiger partial charge in [-0.2, -0.15) is 5.10 Å². The molecule has 1 aliphatic heterocycles. The summed E-state index contributed by atoms with van der Waals surface area (Å²) < 4.78 is 0. The van der Waals surface area contributed by atoms with Gasteiger partial charge in [0.25, 0.3) is 5.91 Å². The Morgan fingerprint density at radius 2 is 2.17 bits per heavy atom. The molecule has 4 rings (SSSR count). The zero-order chi connectivity index (χ0) is 16.5. The van der Waals surface area contributed by atoms with E-state index in [0.717, 1.165) is 25.0 Å². The molecule has 1 amide bonds. The van der Waals surface area contributed by atoms with Crippen molar-refractivity contribution in [1.29, 1.82) is 0 Å². The number of nitrogens with one attached hydrogen (secondary N) is 2. The van der Waals surface area contributed by atoms with E-state index in [2.05, 4.69) is 20.2 Å². The molecule has 1 atom stereocenters. The lowest BCUT2D eigenvalue weighted by molar-refractivity contribution is 0.0608. The molecule has 0 aliphatic carbocycles. The Balaban J connectivity index is 1.79. The van der Waals surface area contributed by atoms with Gasteiger partial charge in [0.05, 0.1) is 17.3 Å². The molecule has 1 fully saturated rings. The first-order valence-corrected chi connectivity index (χ1v) is 8.02. The van der Waals surface area contributed by atoms with E-state index in [1.807, 2.05) is 11.0 Å². The van der Waals surface area contributed by atoms with Crippen molar-refractivity contribution in [3.8, 4) is 0 Å². The monoisotopic (exact) mass is 323 g/mol. The highest BCUT2D eigenvalue weighted by atomic mass is 16.2. The van der Waals surface area contributed by atoms with E-state index in [9.17, 15) is 9.59 Å². The lowest BCUT2D eigenvalue weighted by atomic mass is 9.98. The Morgan fingerprint density at radius 1 is 1.25 bits per heavy atom. The number of aromatic nitrogens is 4. The molecule has 1 saturated heterocycles. The van der Waals surface area contributed by atoms with E-state index in [1.54, 1.807) is 24.5 Å². The number of pyridine rings is 2. The molecule has 1 unspecified atom stereocenters. The van der Waals surface area contributed by atoms with Gasteiger partial charge in [0.1, 0.15) is 5.65 Å². The van der Waals surface area contributed by atoms with Crippen LogP contribution in [0.15, 0.2) is 41.5 Å². The van der Waals surface area contributed by atoms with Gasteiger partial charge < -0.3 is 9.88 Å². The Bertz CT molecular complexity index is 932. The summed E-state index contributed by atoms with van der Waals surface area (Å²) in [6.07, 6.45) is 6.19. The molecule has 7 heteroatoms. The average Bonchev–Trinajstić information content (AvgIpc) is 3.15. The maximum Gasteiger partial charge on any atom is 0.255 e. The second-order valence-electron chi connectivity index (χ2n) is 5.97. The minimum Gasteiger partial charge on any atom is -0.330 e. The first-order chi connectivity index (χ1) is 11.7. The third-order valence-electron chi connectivity index (χ3n) is 4.49.